The Bertz CT molecular complexity index is 923. The van der Waals surface area contributed by atoms with Crippen LogP contribution in [0.3, 0.4) is 0 Å². The van der Waals surface area contributed by atoms with Crippen molar-refractivity contribution in [2.45, 2.75) is 56.4 Å². The number of ether oxygens (including phenoxy) is 1. The molecule has 1 aromatic rings. The highest BCUT2D eigenvalue weighted by atomic mass is 32.2. The fourth-order valence-corrected chi connectivity index (χ4v) is 5.90. The third-order valence-electron chi connectivity index (χ3n) is 5.96. The van der Waals surface area contributed by atoms with Crippen LogP contribution < -0.4 is 10.1 Å². The van der Waals surface area contributed by atoms with Crippen molar-refractivity contribution in [3.05, 3.63) is 18.2 Å². The average Bonchev–Trinajstić information content (AvgIpc) is 3.20. The van der Waals surface area contributed by atoms with Crippen LogP contribution >= 0.6 is 0 Å². The van der Waals surface area contributed by atoms with Crippen LogP contribution in [-0.2, 0) is 19.6 Å². The van der Waals surface area contributed by atoms with Crippen LogP contribution in [0.5, 0.6) is 5.75 Å². The summed E-state index contributed by atoms with van der Waals surface area (Å²) in [7, 11) is -3.70. The summed E-state index contributed by atoms with van der Waals surface area (Å²) in [6, 6.07) is 4.21. The van der Waals surface area contributed by atoms with Gasteiger partial charge in [-0.25, -0.2) is 8.42 Å². The predicted molar refractivity (Wildman–Crippen MR) is 112 cm³/mol. The summed E-state index contributed by atoms with van der Waals surface area (Å²) in [6.07, 6.45) is 4.91. The van der Waals surface area contributed by atoms with Crippen molar-refractivity contribution < 1.29 is 22.7 Å². The largest absolute Gasteiger partial charge is 0.492 e. The molecular weight excluding hydrogens is 406 g/mol. The van der Waals surface area contributed by atoms with E-state index >= 15 is 0 Å². The highest BCUT2D eigenvalue weighted by Crippen LogP contribution is 2.35. The van der Waals surface area contributed by atoms with Crippen molar-refractivity contribution in [1.29, 1.82) is 0 Å². The maximum absolute atomic E-state index is 13.1. The van der Waals surface area contributed by atoms with E-state index in [1.165, 1.54) is 10.4 Å². The molecule has 2 aliphatic heterocycles. The molecule has 0 spiro atoms. The normalized spacial score (nSPS) is 22.3. The molecule has 1 aromatic carbocycles. The quantitative estimate of drug-likeness (QED) is 0.708. The van der Waals surface area contributed by atoms with Gasteiger partial charge in [0.1, 0.15) is 16.7 Å². The Hall–Kier alpha value is -2.13. The van der Waals surface area contributed by atoms with Gasteiger partial charge in [-0.15, -0.1) is 0 Å². The summed E-state index contributed by atoms with van der Waals surface area (Å²) < 4.78 is 33.3. The molecule has 4 rings (SSSR count). The van der Waals surface area contributed by atoms with E-state index in [0.29, 0.717) is 38.3 Å². The number of likely N-dealkylation sites (tertiary alicyclic amines) is 1. The molecule has 0 radical (unpaired) electrons. The van der Waals surface area contributed by atoms with Gasteiger partial charge < -0.3 is 15.0 Å². The van der Waals surface area contributed by atoms with E-state index in [9.17, 15) is 18.0 Å². The van der Waals surface area contributed by atoms with E-state index in [0.717, 1.165) is 32.1 Å². The van der Waals surface area contributed by atoms with Crippen molar-refractivity contribution in [2.75, 3.05) is 31.6 Å². The summed E-state index contributed by atoms with van der Waals surface area (Å²) >= 11 is 0. The molecule has 30 heavy (non-hydrogen) atoms. The molecular formula is C21H29N3O5S. The van der Waals surface area contributed by atoms with Gasteiger partial charge in [0.2, 0.25) is 21.8 Å². The maximum Gasteiger partial charge on any atom is 0.247 e. The number of carbonyl (C=O) groups is 2. The minimum absolute atomic E-state index is 0.0663. The second kappa shape index (κ2) is 8.55. The van der Waals surface area contributed by atoms with Crippen LogP contribution in [-0.4, -0.2) is 61.7 Å². The molecule has 3 fully saturated rings. The van der Waals surface area contributed by atoms with Crippen LogP contribution in [0.2, 0.25) is 0 Å². The van der Waals surface area contributed by atoms with Gasteiger partial charge in [-0.2, -0.15) is 4.31 Å². The Morgan fingerprint density at radius 1 is 1.10 bits per heavy atom. The van der Waals surface area contributed by atoms with Gasteiger partial charge in [0.25, 0.3) is 0 Å². The van der Waals surface area contributed by atoms with Gasteiger partial charge in [0.05, 0.1) is 6.61 Å². The summed E-state index contributed by atoms with van der Waals surface area (Å²) in [4.78, 5) is 27.1. The van der Waals surface area contributed by atoms with Crippen LogP contribution in [0.4, 0.5) is 5.69 Å². The molecule has 1 unspecified atom stereocenters. The minimum Gasteiger partial charge on any atom is -0.492 e. The summed E-state index contributed by atoms with van der Waals surface area (Å²) in [5.74, 6) is 0.154. The van der Waals surface area contributed by atoms with E-state index in [4.69, 9.17) is 4.74 Å². The zero-order valence-corrected chi connectivity index (χ0v) is 18.1. The van der Waals surface area contributed by atoms with Gasteiger partial charge >= 0.3 is 0 Å². The third-order valence-corrected chi connectivity index (χ3v) is 7.88. The highest BCUT2D eigenvalue weighted by molar-refractivity contribution is 7.89. The smallest absolute Gasteiger partial charge is 0.247 e. The van der Waals surface area contributed by atoms with E-state index in [-0.39, 0.29) is 28.4 Å². The molecule has 1 saturated carbocycles. The first kappa shape index (κ1) is 21.1. The summed E-state index contributed by atoms with van der Waals surface area (Å²) in [5.41, 5.74) is 0.395. The van der Waals surface area contributed by atoms with Gasteiger partial charge in [-0.3, -0.25) is 9.59 Å². The van der Waals surface area contributed by atoms with Gasteiger partial charge in [-0.05, 0) is 63.6 Å². The Balaban J connectivity index is 1.55. The predicted octanol–water partition coefficient (Wildman–Crippen LogP) is 2.21. The monoisotopic (exact) mass is 435 g/mol. The molecule has 0 aromatic heterocycles. The number of sulfonamides is 1. The molecule has 9 heteroatoms. The van der Waals surface area contributed by atoms with Crippen LogP contribution in [0, 0.1) is 5.92 Å². The maximum atomic E-state index is 13.1. The summed E-state index contributed by atoms with van der Waals surface area (Å²) in [5, 5.41) is 2.83. The molecule has 8 nitrogen and oxygen atoms in total. The lowest BCUT2D eigenvalue weighted by Gasteiger charge is -2.24. The fraction of sp³-hybridized carbons (Fsp3) is 0.619. The van der Waals surface area contributed by atoms with Crippen molar-refractivity contribution in [2.24, 2.45) is 5.92 Å². The first-order valence-corrected chi connectivity index (χ1v) is 12.2. The van der Waals surface area contributed by atoms with Gasteiger partial charge in [0.15, 0.2) is 0 Å². The van der Waals surface area contributed by atoms with Crippen molar-refractivity contribution in [1.82, 2.24) is 9.21 Å². The first-order valence-electron chi connectivity index (χ1n) is 10.8. The molecule has 1 aliphatic carbocycles. The molecule has 2 saturated heterocycles. The minimum atomic E-state index is -3.70. The lowest BCUT2D eigenvalue weighted by atomic mass is 10.2. The summed E-state index contributed by atoms with van der Waals surface area (Å²) in [6.45, 7) is 3.73. The fourth-order valence-electron chi connectivity index (χ4n) is 4.22. The second-order valence-electron chi connectivity index (χ2n) is 8.16. The Labute approximate surface area is 177 Å². The van der Waals surface area contributed by atoms with Crippen LogP contribution in [0.1, 0.15) is 45.4 Å². The number of hydrogen-bond acceptors (Lipinski definition) is 5. The molecule has 2 heterocycles. The molecule has 164 valence electrons. The third kappa shape index (κ3) is 4.18. The van der Waals surface area contributed by atoms with Crippen molar-refractivity contribution >= 4 is 27.5 Å². The molecule has 0 bridgehead atoms. The lowest BCUT2D eigenvalue weighted by molar-refractivity contribution is -0.137. The van der Waals surface area contributed by atoms with Crippen molar-refractivity contribution in [3.63, 3.8) is 0 Å². The number of anilines is 1. The lowest BCUT2D eigenvalue weighted by Crippen LogP contribution is -2.43. The SMILES string of the molecule is CCOc1ccc(NC(=O)C2CCCN2C(=O)C2CC2)cc1S(=O)(=O)N1CCCC1. The number of nitrogens with zero attached hydrogens (tertiary/aromatic N) is 2. The molecule has 1 N–H and O–H groups in total. The zero-order valence-electron chi connectivity index (χ0n) is 17.3. The van der Waals surface area contributed by atoms with Gasteiger partial charge in [0, 0.05) is 31.2 Å². The number of nitrogens with one attached hydrogen (secondary N) is 1. The molecule has 1 atom stereocenters. The standard InChI is InChI=1S/C21H29N3O5S/c1-2-29-18-10-9-16(14-19(18)30(27,28)23-11-3-4-12-23)22-20(25)17-6-5-13-24(17)21(26)15-7-8-15/h9-10,14-15,17H,2-8,11-13H2,1H3,(H,22,25). The topological polar surface area (TPSA) is 96.0 Å². The zero-order chi connectivity index (χ0) is 21.3. The van der Waals surface area contributed by atoms with Crippen molar-refractivity contribution in [3.8, 4) is 5.75 Å². The number of rotatable bonds is 7. The molecule has 3 aliphatic rings. The second-order valence-corrected chi connectivity index (χ2v) is 10.1. The highest BCUT2D eigenvalue weighted by Gasteiger charge is 2.41. The number of amides is 2. The Morgan fingerprint density at radius 3 is 2.50 bits per heavy atom. The first-order chi connectivity index (χ1) is 14.4. The number of hydrogen-bond donors (Lipinski definition) is 1. The van der Waals surface area contributed by atoms with Crippen LogP contribution in [0.25, 0.3) is 0 Å². The van der Waals surface area contributed by atoms with E-state index in [1.54, 1.807) is 24.0 Å². The molecule has 2 amide bonds. The van der Waals surface area contributed by atoms with Gasteiger partial charge in [-0.1, -0.05) is 0 Å². The van der Waals surface area contributed by atoms with E-state index in [1.807, 2.05) is 0 Å². The van der Waals surface area contributed by atoms with E-state index < -0.39 is 16.1 Å². The van der Waals surface area contributed by atoms with Crippen LogP contribution in [0.15, 0.2) is 23.1 Å². The Kier molecular flexibility index (Phi) is 6.02. The number of benzene rings is 1. The average molecular weight is 436 g/mol. The number of carbonyl (C=O) groups excluding carboxylic acids is 2. The Morgan fingerprint density at radius 2 is 1.83 bits per heavy atom. The van der Waals surface area contributed by atoms with E-state index in [2.05, 4.69) is 5.32 Å².